The van der Waals surface area contributed by atoms with Crippen molar-refractivity contribution in [2.75, 3.05) is 0 Å². The molecule has 1 saturated carbocycles. The van der Waals surface area contributed by atoms with Crippen LogP contribution in [-0.4, -0.2) is 23.2 Å². The van der Waals surface area contributed by atoms with Gasteiger partial charge in [-0.05, 0) is 48.2 Å². The molecule has 0 aromatic heterocycles. The van der Waals surface area contributed by atoms with Gasteiger partial charge in [0.25, 0.3) is 0 Å². The van der Waals surface area contributed by atoms with E-state index in [1.54, 1.807) is 17.0 Å². The van der Waals surface area contributed by atoms with Crippen LogP contribution in [0.4, 0.5) is 17.6 Å². The fourth-order valence-electron chi connectivity index (χ4n) is 2.68. The molecule has 0 atom stereocenters. The molecular weight excluding hydrogens is 350 g/mol. The lowest BCUT2D eigenvalue weighted by Gasteiger charge is -2.23. The van der Waals surface area contributed by atoms with Crippen LogP contribution in [-0.2, 0) is 17.8 Å². The lowest BCUT2D eigenvalue weighted by Crippen LogP contribution is -2.33. The van der Waals surface area contributed by atoms with Crippen molar-refractivity contribution in [2.24, 2.45) is 0 Å². The van der Waals surface area contributed by atoms with E-state index >= 15 is 0 Å². The van der Waals surface area contributed by atoms with Crippen molar-refractivity contribution in [1.82, 2.24) is 4.90 Å². The van der Waals surface area contributed by atoms with Crippen molar-refractivity contribution in [2.45, 2.75) is 38.2 Å². The number of halogens is 4. The molecule has 3 nitrogen and oxygen atoms in total. The van der Waals surface area contributed by atoms with E-state index in [9.17, 15) is 22.4 Å². The molecule has 7 heteroatoms. The molecule has 1 aliphatic carbocycles. The van der Waals surface area contributed by atoms with E-state index in [1.807, 2.05) is 0 Å². The number of rotatable bonds is 6. The van der Waals surface area contributed by atoms with Crippen molar-refractivity contribution in [1.29, 1.82) is 0 Å². The summed E-state index contributed by atoms with van der Waals surface area (Å²) in [7, 11) is 0. The molecule has 0 unspecified atom stereocenters. The molecule has 0 spiro atoms. The number of hydrogen-bond donors (Lipinski definition) is 0. The van der Waals surface area contributed by atoms with Gasteiger partial charge in [0.05, 0.1) is 6.42 Å². The van der Waals surface area contributed by atoms with Crippen molar-refractivity contribution < 1.29 is 27.1 Å². The molecule has 0 aliphatic heterocycles. The van der Waals surface area contributed by atoms with E-state index in [1.165, 1.54) is 36.4 Å². The number of alkyl halides is 3. The Bertz CT molecular complexity index is 753. The Kier molecular flexibility index (Phi) is 5.15. The first kappa shape index (κ1) is 18.2. The first-order chi connectivity index (χ1) is 12.3. The summed E-state index contributed by atoms with van der Waals surface area (Å²) in [5.74, 6) is -0.764. The number of carbonyl (C=O) groups is 1. The second kappa shape index (κ2) is 7.35. The van der Waals surface area contributed by atoms with E-state index in [0.29, 0.717) is 12.1 Å². The van der Waals surface area contributed by atoms with Crippen LogP contribution < -0.4 is 4.74 Å². The van der Waals surface area contributed by atoms with E-state index in [2.05, 4.69) is 4.74 Å². The Balaban J connectivity index is 1.63. The minimum absolute atomic E-state index is 0.0873. The maximum atomic E-state index is 13.0. The highest BCUT2D eigenvalue weighted by Gasteiger charge is 2.33. The number of ether oxygens (including phenoxy) is 1. The van der Waals surface area contributed by atoms with Crippen LogP contribution in [0, 0.1) is 5.82 Å². The molecule has 2 aromatic rings. The average Bonchev–Trinajstić information content (AvgIpc) is 3.39. The molecule has 2 aromatic carbocycles. The van der Waals surface area contributed by atoms with Crippen LogP contribution in [0.3, 0.4) is 0 Å². The molecule has 3 rings (SSSR count). The lowest BCUT2D eigenvalue weighted by molar-refractivity contribution is -0.274. The predicted octanol–water partition coefficient (Wildman–Crippen LogP) is 4.46. The van der Waals surface area contributed by atoms with Crippen molar-refractivity contribution in [3.05, 3.63) is 65.5 Å². The average molecular weight is 367 g/mol. The van der Waals surface area contributed by atoms with Crippen molar-refractivity contribution >= 4 is 5.91 Å². The number of carbonyl (C=O) groups excluding carboxylic acids is 1. The van der Waals surface area contributed by atoms with Crippen LogP contribution in [0.15, 0.2) is 48.5 Å². The van der Waals surface area contributed by atoms with Crippen LogP contribution in [0.1, 0.15) is 24.0 Å². The zero-order valence-corrected chi connectivity index (χ0v) is 13.8. The molecule has 0 heterocycles. The summed E-state index contributed by atoms with van der Waals surface area (Å²) in [5.41, 5.74) is 1.44. The summed E-state index contributed by atoms with van der Waals surface area (Å²) in [6.45, 7) is 0.388. The van der Waals surface area contributed by atoms with Gasteiger partial charge < -0.3 is 9.64 Å². The Labute approximate surface area is 148 Å². The van der Waals surface area contributed by atoms with Gasteiger partial charge in [-0.2, -0.15) is 0 Å². The van der Waals surface area contributed by atoms with Crippen molar-refractivity contribution in [3.63, 3.8) is 0 Å². The first-order valence-corrected chi connectivity index (χ1v) is 8.19. The number of nitrogens with zero attached hydrogens (tertiary/aromatic N) is 1. The Hall–Kier alpha value is -2.57. The standard InChI is InChI=1S/C19H17F4NO2/c20-15-5-1-14(2-6-15)12-24(16-7-8-16)18(25)11-13-3-9-17(10-4-13)26-19(21,22)23/h1-6,9-10,16H,7-8,11-12H2. The molecule has 0 radical (unpaired) electrons. The van der Waals surface area contributed by atoms with Gasteiger partial charge in [-0.1, -0.05) is 24.3 Å². The third-order valence-corrected chi connectivity index (χ3v) is 4.09. The minimum Gasteiger partial charge on any atom is -0.406 e. The van der Waals surface area contributed by atoms with Gasteiger partial charge in [0, 0.05) is 12.6 Å². The fraction of sp³-hybridized carbons (Fsp3) is 0.316. The van der Waals surface area contributed by atoms with Gasteiger partial charge in [-0.3, -0.25) is 4.79 Å². The summed E-state index contributed by atoms with van der Waals surface area (Å²) in [6.07, 6.45) is -2.81. The maximum absolute atomic E-state index is 13.0. The highest BCUT2D eigenvalue weighted by molar-refractivity contribution is 5.79. The van der Waals surface area contributed by atoms with Gasteiger partial charge in [0.2, 0.25) is 5.91 Å². The van der Waals surface area contributed by atoms with Gasteiger partial charge >= 0.3 is 6.36 Å². The third kappa shape index (κ3) is 5.21. The molecule has 1 aliphatic rings. The van der Waals surface area contributed by atoms with Gasteiger partial charge in [-0.15, -0.1) is 13.2 Å². The molecule has 1 amide bonds. The van der Waals surface area contributed by atoms with Crippen LogP contribution >= 0.6 is 0 Å². The largest absolute Gasteiger partial charge is 0.573 e. The summed E-state index contributed by atoms with van der Waals surface area (Å²) < 4.78 is 53.4. The molecule has 0 bridgehead atoms. The Morgan fingerprint density at radius 3 is 2.12 bits per heavy atom. The summed E-state index contributed by atoms with van der Waals surface area (Å²) >= 11 is 0. The van der Waals surface area contributed by atoms with E-state index in [4.69, 9.17) is 0 Å². The molecule has 0 saturated heterocycles. The van der Waals surface area contributed by atoms with Gasteiger partial charge in [0.1, 0.15) is 11.6 Å². The number of amides is 1. The molecule has 1 fully saturated rings. The maximum Gasteiger partial charge on any atom is 0.573 e. The zero-order chi connectivity index (χ0) is 18.7. The van der Waals surface area contributed by atoms with Crippen LogP contribution in [0.25, 0.3) is 0 Å². The minimum atomic E-state index is -4.74. The summed E-state index contributed by atoms with van der Waals surface area (Å²) in [5, 5.41) is 0. The summed E-state index contributed by atoms with van der Waals surface area (Å²) in [6, 6.07) is 11.4. The zero-order valence-electron chi connectivity index (χ0n) is 13.8. The monoisotopic (exact) mass is 367 g/mol. The second-order valence-corrected chi connectivity index (χ2v) is 6.25. The molecule has 0 N–H and O–H groups in total. The number of hydrogen-bond acceptors (Lipinski definition) is 2. The first-order valence-electron chi connectivity index (χ1n) is 8.19. The summed E-state index contributed by atoms with van der Waals surface area (Å²) in [4.78, 5) is 14.4. The van der Waals surface area contributed by atoms with E-state index < -0.39 is 6.36 Å². The normalized spacial score (nSPS) is 14.2. The Morgan fingerprint density at radius 2 is 1.58 bits per heavy atom. The second-order valence-electron chi connectivity index (χ2n) is 6.25. The third-order valence-electron chi connectivity index (χ3n) is 4.09. The van der Waals surface area contributed by atoms with Crippen LogP contribution in [0.5, 0.6) is 5.75 Å². The lowest BCUT2D eigenvalue weighted by atomic mass is 10.1. The van der Waals surface area contributed by atoms with Crippen molar-refractivity contribution in [3.8, 4) is 5.75 Å². The SMILES string of the molecule is O=C(Cc1ccc(OC(F)(F)F)cc1)N(Cc1ccc(F)cc1)C1CC1. The Morgan fingerprint density at radius 1 is 1.00 bits per heavy atom. The predicted molar refractivity (Wildman–Crippen MR) is 86.8 cm³/mol. The van der Waals surface area contributed by atoms with E-state index in [-0.39, 0.29) is 29.9 Å². The van der Waals surface area contributed by atoms with Gasteiger partial charge in [-0.25, -0.2) is 4.39 Å². The van der Waals surface area contributed by atoms with E-state index in [0.717, 1.165) is 18.4 Å². The molecular formula is C19H17F4NO2. The highest BCUT2D eigenvalue weighted by atomic mass is 19.4. The molecule has 26 heavy (non-hydrogen) atoms. The molecule has 138 valence electrons. The quantitative estimate of drug-likeness (QED) is 0.706. The smallest absolute Gasteiger partial charge is 0.406 e. The highest BCUT2D eigenvalue weighted by Crippen LogP contribution is 2.29. The fourth-order valence-corrected chi connectivity index (χ4v) is 2.68. The van der Waals surface area contributed by atoms with Gasteiger partial charge in [0.15, 0.2) is 0 Å². The number of benzene rings is 2. The topological polar surface area (TPSA) is 29.5 Å². The van der Waals surface area contributed by atoms with Crippen LogP contribution in [0.2, 0.25) is 0 Å².